The van der Waals surface area contributed by atoms with Crippen LogP contribution in [0.5, 0.6) is 5.75 Å². The molecule has 4 rings (SSSR count). The van der Waals surface area contributed by atoms with Crippen molar-refractivity contribution in [1.82, 2.24) is 10.3 Å². The van der Waals surface area contributed by atoms with Gasteiger partial charge in [-0.15, -0.1) is 0 Å². The molecule has 7 heteroatoms. The Hall–Kier alpha value is -2.31. The smallest absolute Gasteiger partial charge is 0.416 e. The van der Waals surface area contributed by atoms with Gasteiger partial charge in [-0.05, 0) is 67.0 Å². The predicted octanol–water partition coefficient (Wildman–Crippen LogP) is 6.39. The molecule has 0 spiro atoms. The number of ether oxygens (including phenoxy) is 1. The summed E-state index contributed by atoms with van der Waals surface area (Å²) in [5, 5.41) is 6.04. The highest BCUT2D eigenvalue weighted by Gasteiger charge is 2.30. The van der Waals surface area contributed by atoms with Crippen molar-refractivity contribution in [2.24, 2.45) is 0 Å². The van der Waals surface area contributed by atoms with Crippen molar-refractivity contribution >= 4 is 22.4 Å². The van der Waals surface area contributed by atoms with Crippen molar-refractivity contribution in [3.63, 3.8) is 0 Å². The number of hydrogen-bond donors (Lipinski definition) is 1. The van der Waals surface area contributed by atoms with Crippen LogP contribution in [0.2, 0.25) is 5.02 Å². The summed E-state index contributed by atoms with van der Waals surface area (Å²) >= 11 is 6.37. The molecule has 0 bridgehead atoms. The molecule has 0 aliphatic heterocycles. The lowest BCUT2D eigenvalue weighted by molar-refractivity contribution is -0.137. The molecule has 0 amide bonds. The number of alkyl halides is 3. The van der Waals surface area contributed by atoms with Crippen LogP contribution in [0.4, 0.5) is 13.2 Å². The van der Waals surface area contributed by atoms with Crippen LogP contribution in [0.15, 0.2) is 54.9 Å². The van der Waals surface area contributed by atoms with E-state index >= 15 is 0 Å². The number of pyridine rings is 1. The zero-order valence-electron chi connectivity index (χ0n) is 16.3. The maximum atomic E-state index is 12.7. The van der Waals surface area contributed by atoms with Gasteiger partial charge in [0.1, 0.15) is 5.75 Å². The number of benzene rings is 2. The van der Waals surface area contributed by atoms with Crippen LogP contribution in [-0.4, -0.2) is 17.1 Å². The molecule has 1 fully saturated rings. The molecule has 3 nitrogen and oxygen atoms in total. The van der Waals surface area contributed by atoms with Gasteiger partial charge in [-0.1, -0.05) is 23.7 Å². The van der Waals surface area contributed by atoms with E-state index in [1.165, 1.54) is 12.1 Å². The van der Waals surface area contributed by atoms with Gasteiger partial charge in [0.25, 0.3) is 0 Å². The van der Waals surface area contributed by atoms with Gasteiger partial charge in [-0.2, -0.15) is 13.2 Å². The minimum Gasteiger partial charge on any atom is -0.489 e. The van der Waals surface area contributed by atoms with Gasteiger partial charge in [0.15, 0.2) is 0 Å². The van der Waals surface area contributed by atoms with Gasteiger partial charge in [-0.25, -0.2) is 0 Å². The summed E-state index contributed by atoms with van der Waals surface area (Å²) in [6, 6.07) is 11.4. The second kappa shape index (κ2) is 8.82. The highest BCUT2D eigenvalue weighted by atomic mass is 35.5. The molecular formula is C23H22ClF3N2O. The van der Waals surface area contributed by atoms with E-state index in [9.17, 15) is 13.2 Å². The molecule has 1 saturated carbocycles. The van der Waals surface area contributed by atoms with Crippen molar-refractivity contribution in [2.45, 2.75) is 50.6 Å². The molecule has 2 aromatic carbocycles. The second-order valence-corrected chi connectivity index (χ2v) is 8.08. The van der Waals surface area contributed by atoms with E-state index in [2.05, 4.69) is 10.3 Å². The Balaban J connectivity index is 1.28. The summed E-state index contributed by atoms with van der Waals surface area (Å²) in [4.78, 5) is 4.11. The number of halogens is 4. The number of nitrogens with zero attached hydrogens (tertiary/aromatic N) is 1. The third-order valence-electron chi connectivity index (χ3n) is 5.54. The minimum absolute atomic E-state index is 0.103. The van der Waals surface area contributed by atoms with Crippen LogP contribution in [0, 0.1) is 0 Å². The first-order chi connectivity index (χ1) is 14.4. The summed E-state index contributed by atoms with van der Waals surface area (Å²) in [5.41, 5.74) is 0.228. The van der Waals surface area contributed by atoms with Gasteiger partial charge in [0.05, 0.1) is 16.7 Å². The fraction of sp³-hybridized carbons (Fsp3) is 0.348. The molecule has 0 unspecified atom stereocenters. The van der Waals surface area contributed by atoms with Crippen molar-refractivity contribution in [3.05, 3.63) is 71.0 Å². The summed E-state index contributed by atoms with van der Waals surface area (Å²) < 4.78 is 44.1. The molecule has 1 N–H and O–H groups in total. The molecule has 0 atom stereocenters. The van der Waals surface area contributed by atoms with Gasteiger partial charge in [-0.3, -0.25) is 4.98 Å². The normalized spacial score (nSPS) is 19.7. The van der Waals surface area contributed by atoms with Crippen LogP contribution in [0.3, 0.4) is 0 Å². The first-order valence-corrected chi connectivity index (χ1v) is 10.4. The quantitative estimate of drug-likeness (QED) is 0.505. The fourth-order valence-corrected chi connectivity index (χ4v) is 4.03. The number of rotatable bonds is 5. The topological polar surface area (TPSA) is 34.1 Å². The Morgan fingerprint density at radius 1 is 1.00 bits per heavy atom. The standard InChI is InChI=1S/C23H22ClF3N2O/c24-21-11-17-14-28-10-9-16(17)12-22(21)30-20-7-5-19(6-8-20)29-13-15-1-3-18(4-2-15)23(25,26)27/h1-4,9-12,14,19-20,29H,5-8,13H2/t19-,20-. The van der Waals surface area contributed by atoms with Crippen LogP contribution in [0.25, 0.3) is 10.8 Å². The first kappa shape index (κ1) is 20.9. The highest BCUT2D eigenvalue weighted by Crippen LogP contribution is 2.33. The summed E-state index contributed by atoms with van der Waals surface area (Å²) in [6.07, 6.45) is 3.01. The van der Waals surface area contributed by atoms with Crippen LogP contribution < -0.4 is 10.1 Å². The minimum atomic E-state index is -4.30. The summed E-state index contributed by atoms with van der Waals surface area (Å²) in [5.74, 6) is 0.691. The molecule has 1 aliphatic rings. The predicted molar refractivity (Wildman–Crippen MR) is 112 cm³/mol. The van der Waals surface area contributed by atoms with Gasteiger partial charge in [0, 0.05) is 30.4 Å². The van der Waals surface area contributed by atoms with E-state index < -0.39 is 11.7 Å². The Kier molecular flexibility index (Phi) is 6.16. The maximum absolute atomic E-state index is 12.7. The zero-order chi connectivity index (χ0) is 21.1. The molecule has 1 heterocycles. The lowest BCUT2D eigenvalue weighted by Gasteiger charge is -2.30. The second-order valence-electron chi connectivity index (χ2n) is 7.67. The number of nitrogens with one attached hydrogen (secondary N) is 1. The summed E-state index contributed by atoms with van der Waals surface area (Å²) in [6.45, 7) is 0.554. The van der Waals surface area contributed by atoms with Gasteiger partial charge in [0.2, 0.25) is 0 Å². The Morgan fingerprint density at radius 3 is 2.43 bits per heavy atom. The van der Waals surface area contributed by atoms with Gasteiger partial charge < -0.3 is 10.1 Å². The lowest BCUT2D eigenvalue weighted by atomic mass is 9.92. The summed E-state index contributed by atoms with van der Waals surface area (Å²) in [7, 11) is 0. The molecule has 0 radical (unpaired) electrons. The van der Waals surface area contributed by atoms with E-state index in [4.69, 9.17) is 16.3 Å². The molecule has 158 valence electrons. The van der Waals surface area contributed by atoms with Crippen LogP contribution in [-0.2, 0) is 12.7 Å². The van der Waals surface area contributed by atoms with E-state index in [1.807, 2.05) is 18.2 Å². The number of aromatic nitrogens is 1. The molecular weight excluding hydrogens is 413 g/mol. The average Bonchev–Trinajstić information content (AvgIpc) is 2.73. The Labute approximate surface area is 178 Å². The monoisotopic (exact) mass is 434 g/mol. The third kappa shape index (κ3) is 5.05. The largest absolute Gasteiger partial charge is 0.489 e. The lowest BCUT2D eigenvalue weighted by Crippen LogP contribution is -2.36. The average molecular weight is 435 g/mol. The molecule has 1 aromatic heterocycles. The van der Waals surface area contributed by atoms with Crippen molar-refractivity contribution in [2.75, 3.05) is 0 Å². The maximum Gasteiger partial charge on any atom is 0.416 e. The van der Waals surface area contributed by atoms with E-state index in [0.717, 1.165) is 54.2 Å². The van der Waals surface area contributed by atoms with Crippen molar-refractivity contribution in [3.8, 4) is 5.75 Å². The van der Waals surface area contributed by atoms with Crippen molar-refractivity contribution in [1.29, 1.82) is 0 Å². The van der Waals surface area contributed by atoms with Gasteiger partial charge >= 0.3 is 6.18 Å². The van der Waals surface area contributed by atoms with E-state index in [1.54, 1.807) is 12.4 Å². The Bertz CT molecular complexity index is 999. The molecule has 1 aliphatic carbocycles. The number of hydrogen-bond acceptors (Lipinski definition) is 3. The van der Waals surface area contributed by atoms with Crippen molar-refractivity contribution < 1.29 is 17.9 Å². The third-order valence-corrected chi connectivity index (χ3v) is 5.83. The van der Waals surface area contributed by atoms with Crippen LogP contribution in [0.1, 0.15) is 36.8 Å². The zero-order valence-corrected chi connectivity index (χ0v) is 17.0. The molecule has 30 heavy (non-hydrogen) atoms. The first-order valence-electron chi connectivity index (χ1n) is 9.98. The fourth-order valence-electron chi connectivity index (χ4n) is 3.82. The highest BCUT2D eigenvalue weighted by molar-refractivity contribution is 6.32. The van der Waals surface area contributed by atoms with E-state index in [0.29, 0.717) is 23.4 Å². The number of fused-ring (bicyclic) bond motifs is 1. The van der Waals surface area contributed by atoms with E-state index in [-0.39, 0.29) is 6.10 Å². The Morgan fingerprint density at radius 2 is 1.73 bits per heavy atom. The molecule has 0 saturated heterocycles. The van der Waals surface area contributed by atoms with Crippen LogP contribution >= 0.6 is 11.6 Å². The SMILES string of the molecule is FC(F)(F)c1ccc(CN[C@H]2CC[C@H](Oc3cc4ccncc4cc3Cl)CC2)cc1. The molecule has 3 aromatic rings.